The Balaban J connectivity index is 2.29. The molecule has 0 spiro atoms. The van der Waals surface area contributed by atoms with E-state index in [9.17, 15) is 40.5 Å². The molecular weight excluding hydrogens is 847 g/mol. The van der Waals surface area contributed by atoms with Gasteiger partial charge in [-0.05, 0) is 64.2 Å². The molecule has 1 amide bonds. The van der Waals surface area contributed by atoms with Gasteiger partial charge in [-0.15, -0.1) is 0 Å². The zero-order valence-electron chi connectivity index (χ0n) is 43.1. The third kappa shape index (κ3) is 34.5. The van der Waals surface area contributed by atoms with Crippen LogP contribution in [0, 0.1) is 0 Å². The average Bonchev–Trinajstić information content (AvgIpc) is 3.33. The van der Waals surface area contributed by atoms with Crippen LogP contribution in [0.1, 0.15) is 258 Å². The first-order valence-corrected chi connectivity index (χ1v) is 28.2. The molecule has 11 heteroatoms. The molecule has 396 valence electrons. The van der Waals surface area contributed by atoms with Gasteiger partial charge in [0.05, 0.1) is 25.4 Å². The summed E-state index contributed by atoms with van der Waals surface area (Å²) in [5.74, 6) is -0.705. The summed E-state index contributed by atoms with van der Waals surface area (Å²) in [5, 5.41) is 75.9. The molecule has 0 saturated carbocycles. The molecule has 0 bridgehead atoms. The van der Waals surface area contributed by atoms with Gasteiger partial charge in [0.1, 0.15) is 36.6 Å². The predicted molar refractivity (Wildman–Crippen MR) is 275 cm³/mol. The summed E-state index contributed by atoms with van der Waals surface area (Å²) in [4.78, 5) is 13.2. The van der Waals surface area contributed by atoms with Gasteiger partial charge < -0.3 is 50.5 Å². The van der Waals surface area contributed by atoms with Crippen LogP contribution in [0.5, 0.6) is 0 Å². The number of hydrogen-bond donors (Lipinski definition) is 8. The van der Waals surface area contributed by atoms with Crippen molar-refractivity contribution in [2.45, 2.75) is 313 Å². The van der Waals surface area contributed by atoms with Crippen molar-refractivity contribution in [1.29, 1.82) is 0 Å². The minimum atomic E-state index is -1.67. The number of carbonyl (C=O) groups is 1. The highest BCUT2D eigenvalue weighted by Gasteiger charge is 2.44. The SMILES string of the molecule is CCCCCCCCCCC/C=C/CCCC(O)C(O)C(COC1OC(CO)C(O)C(O)C1O)NC(=O)C(O)CCCCCCCCCCCC/C=C\CCCCCCCCCCCCCC. The van der Waals surface area contributed by atoms with Gasteiger partial charge in [-0.3, -0.25) is 4.79 Å². The van der Waals surface area contributed by atoms with Crippen LogP contribution < -0.4 is 5.32 Å². The van der Waals surface area contributed by atoms with Gasteiger partial charge in [0, 0.05) is 0 Å². The Labute approximate surface area is 410 Å². The lowest BCUT2D eigenvalue weighted by atomic mass is 9.98. The lowest BCUT2D eigenvalue weighted by Crippen LogP contribution is -2.60. The second-order valence-electron chi connectivity index (χ2n) is 20.0. The zero-order chi connectivity index (χ0) is 49.0. The van der Waals surface area contributed by atoms with Crippen molar-refractivity contribution in [2.24, 2.45) is 0 Å². The number of aliphatic hydroxyl groups excluding tert-OH is 7. The molecule has 1 aliphatic heterocycles. The summed E-state index contributed by atoms with van der Waals surface area (Å²) in [6, 6.07) is -1.18. The van der Waals surface area contributed by atoms with Gasteiger partial charge >= 0.3 is 0 Å². The third-order valence-corrected chi connectivity index (χ3v) is 13.7. The van der Waals surface area contributed by atoms with Gasteiger partial charge in [-0.2, -0.15) is 0 Å². The molecule has 0 radical (unpaired) electrons. The van der Waals surface area contributed by atoms with Crippen LogP contribution in [0.15, 0.2) is 24.3 Å². The van der Waals surface area contributed by atoms with E-state index in [1.165, 1.54) is 180 Å². The highest BCUT2D eigenvalue weighted by molar-refractivity contribution is 5.80. The van der Waals surface area contributed by atoms with E-state index in [0.29, 0.717) is 12.8 Å². The molecule has 0 aromatic carbocycles. The first-order valence-electron chi connectivity index (χ1n) is 28.2. The normalized spacial score (nSPS) is 20.8. The van der Waals surface area contributed by atoms with Crippen molar-refractivity contribution in [1.82, 2.24) is 5.32 Å². The Hall–Kier alpha value is -1.41. The number of rotatable bonds is 48. The van der Waals surface area contributed by atoms with Gasteiger partial charge in [0.2, 0.25) is 5.91 Å². The molecule has 8 N–H and O–H groups in total. The first kappa shape index (κ1) is 63.6. The topological polar surface area (TPSA) is 189 Å². The maximum absolute atomic E-state index is 13.2. The summed E-state index contributed by atoms with van der Waals surface area (Å²) < 4.78 is 11.1. The molecule has 1 saturated heterocycles. The van der Waals surface area contributed by atoms with Crippen molar-refractivity contribution in [3.8, 4) is 0 Å². The second-order valence-corrected chi connectivity index (χ2v) is 20.0. The van der Waals surface area contributed by atoms with E-state index < -0.39 is 74.2 Å². The summed E-state index contributed by atoms with van der Waals surface area (Å²) in [6.07, 6.45) is 42.4. The van der Waals surface area contributed by atoms with Crippen LogP contribution in [-0.2, 0) is 14.3 Å². The molecule has 67 heavy (non-hydrogen) atoms. The highest BCUT2D eigenvalue weighted by atomic mass is 16.7. The van der Waals surface area contributed by atoms with E-state index >= 15 is 0 Å². The minimum absolute atomic E-state index is 0.254. The molecule has 0 aromatic rings. The van der Waals surface area contributed by atoms with Crippen LogP contribution in [0.3, 0.4) is 0 Å². The fraction of sp³-hybridized carbons (Fsp3) is 0.911. The van der Waals surface area contributed by atoms with E-state index in [1.807, 2.05) is 0 Å². The van der Waals surface area contributed by atoms with Crippen molar-refractivity contribution < 1.29 is 50.0 Å². The van der Waals surface area contributed by atoms with Crippen LogP contribution in [-0.4, -0.2) is 110 Å². The van der Waals surface area contributed by atoms with E-state index in [1.54, 1.807) is 0 Å². The van der Waals surface area contributed by atoms with E-state index in [2.05, 4.69) is 43.5 Å². The number of aliphatic hydroxyl groups is 7. The number of ether oxygens (including phenoxy) is 2. The minimum Gasteiger partial charge on any atom is -0.394 e. The summed E-state index contributed by atoms with van der Waals surface area (Å²) in [6.45, 7) is 3.45. The maximum atomic E-state index is 13.2. The molecular formula is C56H107NO10. The smallest absolute Gasteiger partial charge is 0.249 e. The molecule has 0 aliphatic carbocycles. The molecule has 1 heterocycles. The van der Waals surface area contributed by atoms with Crippen LogP contribution >= 0.6 is 0 Å². The Morgan fingerprint density at radius 3 is 1.28 bits per heavy atom. The summed E-state index contributed by atoms with van der Waals surface area (Å²) in [5.41, 5.74) is 0. The summed E-state index contributed by atoms with van der Waals surface area (Å²) in [7, 11) is 0. The standard InChI is InChI=1S/C56H107NO10/c1-3-5-7-9-11-13-15-17-19-20-21-22-23-24-25-26-27-28-29-30-32-34-36-38-40-42-44-49(60)55(65)57-47(46-66-56-54(64)53(63)52(62)50(45-58)67-56)51(61)48(59)43-41-39-37-35-33-31-18-16-14-12-10-8-6-4-2/h24-25,35,37,47-54,56,58-64H,3-23,26-34,36,38-46H2,1-2H3,(H,57,65)/b25-24-,37-35+. The Kier molecular flexibility index (Phi) is 43.4. The molecule has 1 aliphatic rings. The van der Waals surface area contributed by atoms with Crippen molar-refractivity contribution in [2.75, 3.05) is 13.2 Å². The largest absolute Gasteiger partial charge is 0.394 e. The molecule has 9 unspecified atom stereocenters. The summed E-state index contributed by atoms with van der Waals surface area (Å²) >= 11 is 0. The van der Waals surface area contributed by atoms with Gasteiger partial charge in [0.25, 0.3) is 0 Å². The van der Waals surface area contributed by atoms with Crippen LogP contribution in [0.25, 0.3) is 0 Å². The first-order chi connectivity index (χ1) is 32.7. The fourth-order valence-electron chi connectivity index (χ4n) is 9.08. The molecule has 11 nitrogen and oxygen atoms in total. The van der Waals surface area contributed by atoms with Crippen molar-refractivity contribution >= 4 is 5.91 Å². The van der Waals surface area contributed by atoms with E-state index in [4.69, 9.17) is 9.47 Å². The Bertz CT molecular complexity index is 1140. The number of carbonyl (C=O) groups excluding carboxylic acids is 1. The fourth-order valence-corrected chi connectivity index (χ4v) is 9.08. The zero-order valence-corrected chi connectivity index (χ0v) is 43.1. The average molecular weight is 954 g/mol. The molecule has 1 fully saturated rings. The quantitative estimate of drug-likeness (QED) is 0.0215. The van der Waals surface area contributed by atoms with Crippen LogP contribution in [0.2, 0.25) is 0 Å². The maximum Gasteiger partial charge on any atom is 0.249 e. The van der Waals surface area contributed by atoms with Crippen LogP contribution in [0.4, 0.5) is 0 Å². The number of nitrogens with one attached hydrogen (secondary N) is 1. The number of amides is 1. The van der Waals surface area contributed by atoms with E-state index in [-0.39, 0.29) is 12.8 Å². The number of allylic oxidation sites excluding steroid dienone is 4. The monoisotopic (exact) mass is 954 g/mol. The van der Waals surface area contributed by atoms with Gasteiger partial charge in [-0.1, -0.05) is 218 Å². The molecule has 9 atom stereocenters. The lowest BCUT2D eigenvalue weighted by molar-refractivity contribution is -0.303. The number of hydrogen-bond acceptors (Lipinski definition) is 10. The predicted octanol–water partition coefficient (Wildman–Crippen LogP) is 11.3. The highest BCUT2D eigenvalue weighted by Crippen LogP contribution is 2.23. The van der Waals surface area contributed by atoms with E-state index in [0.717, 1.165) is 38.5 Å². The second kappa shape index (κ2) is 45.7. The van der Waals surface area contributed by atoms with Crippen molar-refractivity contribution in [3.05, 3.63) is 24.3 Å². The van der Waals surface area contributed by atoms with Gasteiger partial charge in [-0.25, -0.2) is 0 Å². The van der Waals surface area contributed by atoms with Gasteiger partial charge in [0.15, 0.2) is 6.29 Å². The Morgan fingerprint density at radius 2 is 0.881 bits per heavy atom. The molecule has 0 aromatic heterocycles. The Morgan fingerprint density at radius 1 is 0.507 bits per heavy atom. The van der Waals surface area contributed by atoms with Crippen molar-refractivity contribution in [3.63, 3.8) is 0 Å². The molecule has 1 rings (SSSR count). The number of unbranched alkanes of at least 4 members (excludes halogenated alkanes) is 32. The lowest BCUT2D eigenvalue weighted by Gasteiger charge is -2.40. The third-order valence-electron chi connectivity index (χ3n) is 13.7.